The number of pyridine rings is 1. The topological polar surface area (TPSA) is 44.1 Å². The van der Waals surface area contributed by atoms with Gasteiger partial charge in [-0.15, -0.1) is 0 Å². The lowest BCUT2D eigenvalue weighted by Gasteiger charge is -2.40. The van der Waals surface area contributed by atoms with Crippen molar-refractivity contribution in [1.82, 2.24) is 24.1 Å². The average molecular weight is 460 g/mol. The van der Waals surface area contributed by atoms with Crippen molar-refractivity contribution >= 4 is 17.1 Å². The van der Waals surface area contributed by atoms with Gasteiger partial charge in [-0.25, -0.2) is 9.37 Å². The second-order valence-corrected chi connectivity index (χ2v) is 9.93. The van der Waals surface area contributed by atoms with Crippen molar-refractivity contribution in [2.24, 2.45) is 5.92 Å². The van der Waals surface area contributed by atoms with E-state index in [9.17, 15) is 9.18 Å². The van der Waals surface area contributed by atoms with Gasteiger partial charge in [-0.2, -0.15) is 0 Å². The normalized spacial score (nSPS) is 25.5. The summed E-state index contributed by atoms with van der Waals surface area (Å²) in [5.41, 5.74) is 4.62. The summed E-state index contributed by atoms with van der Waals surface area (Å²) in [6.45, 7) is 8.22. The summed E-state index contributed by atoms with van der Waals surface area (Å²) in [4.78, 5) is 24.5. The van der Waals surface area contributed by atoms with Crippen molar-refractivity contribution in [3.05, 3.63) is 77.4 Å². The second kappa shape index (κ2) is 8.24. The Kier molecular flexibility index (Phi) is 5.17. The van der Waals surface area contributed by atoms with Crippen LogP contribution in [-0.4, -0.2) is 62.2 Å². The van der Waals surface area contributed by atoms with Crippen molar-refractivity contribution in [2.75, 3.05) is 26.2 Å². The Labute approximate surface area is 199 Å². The molecule has 2 aromatic rings. The van der Waals surface area contributed by atoms with Gasteiger partial charge in [-0.05, 0) is 68.0 Å². The van der Waals surface area contributed by atoms with Crippen molar-refractivity contribution in [2.45, 2.75) is 39.2 Å². The number of hydrogen-bond acceptors (Lipinski definition) is 4. The Bertz CT molecular complexity index is 1290. The monoisotopic (exact) mass is 459 g/mol. The molecule has 0 aliphatic carbocycles. The van der Waals surface area contributed by atoms with Gasteiger partial charge >= 0.3 is 0 Å². The van der Waals surface area contributed by atoms with Gasteiger partial charge in [0.1, 0.15) is 0 Å². The first-order valence-corrected chi connectivity index (χ1v) is 12.3. The van der Waals surface area contributed by atoms with Gasteiger partial charge in [-0.1, -0.05) is 13.0 Å². The molecule has 34 heavy (non-hydrogen) atoms. The lowest BCUT2D eigenvalue weighted by Crippen LogP contribution is -2.49. The molecule has 0 aromatic carbocycles. The molecule has 7 heteroatoms. The van der Waals surface area contributed by atoms with E-state index in [1.807, 2.05) is 25.5 Å². The molecule has 2 aromatic heterocycles. The Morgan fingerprint density at radius 1 is 1.12 bits per heavy atom. The quantitative estimate of drug-likeness (QED) is 0.678. The number of rotatable bonds is 2. The SMILES string of the molecule is Cc1cn2cc(C3=CC(=O)N4C=C(N5CCN6CCCC6C5)C=CC4=CCC3C)cc(F)c2n1. The van der Waals surface area contributed by atoms with Gasteiger partial charge in [0.05, 0.1) is 11.4 Å². The maximum atomic E-state index is 14.8. The molecule has 2 atom stereocenters. The standard InChI is InChI=1S/C27H30FN5O/c1-18-5-6-21-7-8-23(31-11-10-30-9-3-4-22(30)16-31)17-33(21)26(34)13-24(18)20-12-25(28)27-29-19(2)14-32(27)15-20/h6-8,12-15,17-18,22H,3-5,9-11,16H2,1-2H3. The lowest BCUT2D eigenvalue weighted by molar-refractivity contribution is -0.122. The molecule has 0 saturated carbocycles. The van der Waals surface area contributed by atoms with Gasteiger partial charge in [-0.3, -0.25) is 14.6 Å². The van der Waals surface area contributed by atoms with E-state index in [-0.39, 0.29) is 17.6 Å². The van der Waals surface area contributed by atoms with Crippen LogP contribution in [0.15, 0.2) is 60.4 Å². The summed E-state index contributed by atoms with van der Waals surface area (Å²) in [5.74, 6) is -0.399. The van der Waals surface area contributed by atoms with Crippen molar-refractivity contribution in [3.8, 4) is 0 Å². The molecule has 1 amide bonds. The number of piperazine rings is 1. The van der Waals surface area contributed by atoms with E-state index in [0.717, 1.165) is 48.7 Å². The number of allylic oxidation sites excluding steroid dienone is 4. The smallest absolute Gasteiger partial charge is 0.255 e. The van der Waals surface area contributed by atoms with Crippen LogP contribution in [0.3, 0.4) is 0 Å². The summed E-state index contributed by atoms with van der Waals surface area (Å²) in [6, 6.07) is 2.12. The third kappa shape index (κ3) is 3.68. The van der Waals surface area contributed by atoms with Crippen LogP contribution in [0.5, 0.6) is 0 Å². The number of carbonyl (C=O) groups excluding carboxylic acids is 1. The fraction of sp³-hybridized carbons (Fsp3) is 0.407. The summed E-state index contributed by atoms with van der Waals surface area (Å²) in [6.07, 6.45) is 17.0. The summed E-state index contributed by atoms with van der Waals surface area (Å²) in [5, 5.41) is 0. The van der Waals surface area contributed by atoms with Gasteiger partial charge in [0.15, 0.2) is 11.5 Å². The van der Waals surface area contributed by atoms with Crippen LogP contribution in [0.1, 0.15) is 37.4 Å². The molecule has 2 unspecified atom stereocenters. The zero-order valence-corrected chi connectivity index (χ0v) is 19.7. The minimum atomic E-state index is -0.376. The first kappa shape index (κ1) is 21.4. The number of hydrogen-bond donors (Lipinski definition) is 0. The molecule has 4 aliphatic heterocycles. The van der Waals surface area contributed by atoms with Crippen molar-refractivity contribution in [1.29, 1.82) is 0 Å². The van der Waals surface area contributed by atoms with E-state index in [0.29, 0.717) is 17.3 Å². The molecule has 4 aliphatic rings. The third-order valence-corrected chi connectivity index (χ3v) is 7.60. The Morgan fingerprint density at radius 2 is 1.97 bits per heavy atom. The Morgan fingerprint density at radius 3 is 2.85 bits per heavy atom. The minimum absolute atomic E-state index is 0.0780. The van der Waals surface area contributed by atoms with Crippen LogP contribution in [0.2, 0.25) is 0 Å². The first-order valence-electron chi connectivity index (χ1n) is 12.3. The van der Waals surface area contributed by atoms with E-state index in [2.05, 4.69) is 39.9 Å². The van der Waals surface area contributed by atoms with E-state index in [1.54, 1.807) is 15.4 Å². The largest absolute Gasteiger partial charge is 0.367 e. The molecule has 6 heterocycles. The van der Waals surface area contributed by atoms with Crippen LogP contribution in [0.4, 0.5) is 4.39 Å². The molecular weight excluding hydrogens is 429 g/mol. The molecule has 6 rings (SSSR count). The summed E-state index contributed by atoms with van der Waals surface area (Å²) in [7, 11) is 0. The predicted molar refractivity (Wildman–Crippen MR) is 130 cm³/mol. The van der Waals surface area contributed by atoms with Crippen LogP contribution >= 0.6 is 0 Å². The number of amides is 1. The number of aryl methyl sites for hydroxylation is 1. The highest BCUT2D eigenvalue weighted by atomic mass is 19.1. The molecule has 176 valence electrons. The highest BCUT2D eigenvalue weighted by Gasteiger charge is 2.32. The van der Waals surface area contributed by atoms with Gasteiger partial charge in [0, 0.05) is 56.0 Å². The van der Waals surface area contributed by atoms with E-state index >= 15 is 0 Å². The Balaban J connectivity index is 1.32. The number of nitrogens with zero attached hydrogens (tertiary/aromatic N) is 5. The van der Waals surface area contributed by atoms with E-state index < -0.39 is 0 Å². The zero-order chi connectivity index (χ0) is 23.4. The number of carbonyl (C=O) groups is 1. The van der Waals surface area contributed by atoms with E-state index in [1.165, 1.54) is 25.5 Å². The van der Waals surface area contributed by atoms with Crippen LogP contribution in [-0.2, 0) is 4.79 Å². The number of aromatic nitrogens is 2. The number of fused-ring (bicyclic) bond motifs is 3. The van der Waals surface area contributed by atoms with Crippen LogP contribution < -0.4 is 0 Å². The summed E-state index contributed by atoms with van der Waals surface area (Å²) < 4.78 is 16.5. The van der Waals surface area contributed by atoms with Crippen LogP contribution in [0.25, 0.3) is 11.2 Å². The molecular formula is C27H30FN5O. The lowest BCUT2D eigenvalue weighted by atomic mass is 9.90. The molecule has 6 nitrogen and oxygen atoms in total. The third-order valence-electron chi connectivity index (χ3n) is 7.60. The Hall–Kier alpha value is -3.19. The molecule has 0 radical (unpaired) electrons. The number of halogens is 1. The van der Waals surface area contributed by atoms with Crippen molar-refractivity contribution in [3.63, 3.8) is 0 Å². The fourth-order valence-electron chi connectivity index (χ4n) is 5.75. The highest BCUT2D eigenvalue weighted by Crippen LogP contribution is 2.33. The highest BCUT2D eigenvalue weighted by molar-refractivity contribution is 5.98. The molecule has 0 spiro atoms. The van der Waals surface area contributed by atoms with Crippen molar-refractivity contribution < 1.29 is 9.18 Å². The first-order chi connectivity index (χ1) is 16.5. The number of imidazole rings is 1. The van der Waals surface area contributed by atoms with Gasteiger partial charge in [0.2, 0.25) is 0 Å². The zero-order valence-electron chi connectivity index (χ0n) is 19.7. The summed E-state index contributed by atoms with van der Waals surface area (Å²) >= 11 is 0. The average Bonchev–Trinajstić information content (AvgIpc) is 3.45. The molecule has 2 saturated heterocycles. The maximum absolute atomic E-state index is 14.8. The minimum Gasteiger partial charge on any atom is -0.367 e. The predicted octanol–water partition coefficient (Wildman–Crippen LogP) is 4.11. The van der Waals surface area contributed by atoms with Gasteiger partial charge in [0.25, 0.3) is 5.91 Å². The fourth-order valence-corrected chi connectivity index (χ4v) is 5.75. The van der Waals surface area contributed by atoms with E-state index in [4.69, 9.17) is 0 Å². The van der Waals surface area contributed by atoms with Crippen LogP contribution in [0, 0.1) is 18.7 Å². The molecule has 0 N–H and O–H groups in total. The maximum Gasteiger partial charge on any atom is 0.255 e. The molecule has 0 bridgehead atoms. The second-order valence-electron chi connectivity index (χ2n) is 9.93. The van der Waals surface area contributed by atoms with Gasteiger partial charge < -0.3 is 9.30 Å². The molecule has 2 fully saturated rings.